The summed E-state index contributed by atoms with van der Waals surface area (Å²) in [4.78, 5) is 52.0. The molecule has 0 saturated carbocycles. The number of aromatic nitrogens is 4. The molecule has 1 fully saturated rings. The maximum atomic E-state index is 13.4. The van der Waals surface area contributed by atoms with Crippen LogP contribution >= 0.6 is 11.6 Å². The van der Waals surface area contributed by atoms with E-state index in [-0.39, 0.29) is 19.0 Å². The van der Waals surface area contributed by atoms with E-state index in [4.69, 9.17) is 11.6 Å². The van der Waals surface area contributed by atoms with Gasteiger partial charge < -0.3 is 26.0 Å². The zero-order valence-electron chi connectivity index (χ0n) is 24.5. The highest BCUT2D eigenvalue weighted by Gasteiger charge is 2.28. The van der Waals surface area contributed by atoms with Gasteiger partial charge in [0.05, 0.1) is 11.6 Å². The van der Waals surface area contributed by atoms with Crippen molar-refractivity contribution in [3.8, 4) is 5.69 Å². The zero-order chi connectivity index (χ0) is 32.5. The van der Waals surface area contributed by atoms with Crippen LogP contribution in [0, 0.1) is 5.92 Å². The van der Waals surface area contributed by atoms with Gasteiger partial charge in [-0.3, -0.25) is 14.4 Å². The quantitative estimate of drug-likeness (QED) is 0.188. The van der Waals surface area contributed by atoms with E-state index in [1.807, 2.05) is 30.3 Å². The van der Waals surface area contributed by atoms with Crippen LogP contribution in [0.2, 0.25) is 5.02 Å². The van der Waals surface area contributed by atoms with Crippen molar-refractivity contribution in [3.63, 3.8) is 0 Å². The summed E-state index contributed by atoms with van der Waals surface area (Å²) >= 11 is 6.18. The molecule has 236 valence electrons. The topological polar surface area (TPSA) is 171 Å². The third-order valence-corrected chi connectivity index (χ3v) is 7.61. The van der Waals surface area contributed by atoms with Crippen molar-refractivity contribution in [1.82, 2.24) is 30.4 Å². The normalized spacial score (nSPS) is 15.2. The second-order valence-corrected chi connectivity index (χ2v) is 11.1. The van der Waals surface area contributed by atoms with Gasteiger partial charge in [-0.2, -0.15) is 4.68 Å². The van der Waals surface area contributed by atoms with Crippen molar-refractivity contribution in [2.45, 2.75) is 25.3 Å². The highest BCUT2D eigenvalue weighted by Crippen LogP contribution is 2.21. The summed E-state index contributed by atoms with van der Waals surface area (Å²) in [5.41, 5.74) is 3.00. The lowest BCUT2D eigenvalue weighted by atomic mass is 9.99. The monoisotopic (exact) mass is 642 g/mol. The van der Waals surface area contributed by atoms with Gasteiger partial charge in [0.1, 0.15) is 12.4 Å². The summed E-state index contributed by atoms with van der Waals surface area (Å²) in [5, 5.41) is 29.3. The van der Waals surface area contributed by atoms with Gasteiger partial charge in [0.2, 0.25) is 11.8 Å². The number of hydrogen-bond acceptors (Lipinski definition) is 7. The van der Waals surface area contributed by atoms with Crippen LogP contribution in [0.15, 0.2) is 85.2 Å². The van der Waals surface area contributed by atoms with E-state index in [1.165, 1.54) is 22.0 Å². The highest BCUT2D eigenvalue weighted by molar-refractivity contribution is 6.30. The smallest absolute Gasteiger partial charge is 0.321 e. The van der Waals surface area contributed by atoms with Gasteiger partial charge >= 0.3 is 12.0 Å². The Morgan fingerprint density at radius 2 is 1.74 bits per heavy atom. The molecule has 1 unspecified atom stereocenters. The number of nitrogens with one attached hydrogen (secondary N) is 3. The third kappa shape index (κ3) is 8.54. The second kappa shape index (κ2) is 14.9. The number of nitrogens with zero attached hydrogens (tertiary/aromatic N) is 5. The predicted octanol–water partition coefficient (Wildman–Crippen LogP) is 4.02. The molecule has 0 bridgehead atoms. The van der Waals surface area contributed by atoms with E-state index in [0.717, 1.165) is 5.56 Å². The number of carbonyl (C=O) groups excluding carboxylic acids is 3. The van der Waals surface area contributed by atoms with E-state index in [1.54, 1.807) is 48.5 Å². The highest BCUT2D eigenvalue weighted by atomic mass is 35.5. The fourth-order valence-electron chi connectivity index (χ4n) is 5.02. The Hall–Kier alpha value is -5.56. The molecule has 1 aliphatic heterocycles. The number of piperidine rings is 1. The first-order valence-electron chi connectivity index (χ1n) is 14.5. The van der Waals surface area contributed by atoms with Crippen LogP contribution in [0.25, 0.3) is 11.8 Å². The van der Waals surface area contributed by atoms with Gasteiger partial charge in [0, 0.05) is 47.5 Å². The Labute approximate surface area is 269 Å². The molecule has 1 aliphatic rings. The number of halogens is 1. The first-order chi connectivity index (χ1) is 22.2. The Balaban J connectivity index is 1.24. The molecule has 0 aliphatic carbocycles. The minimum atomic E-state index is -0.918. The molecule has 5 rings (SSSR count). The van der Waals surface area contributed by atoms with Crippen LogP contribution in [0.5, 0.6) is 0 Å². The minimum Gasteiger partial charge on any atom is -0.481 e. The van der Waals surface area contributed by atoms with E-state index in [9.17, 15) is 24.3 Å². The van der Waals surface area contributed by atoms with Crippen LogP contribution in [0.1, 0.15) is 24.0 Å². The summed E-state index contributed by atoms with van der Waals surface area (Å²) in [5.74, 6) is -2.43. The zero-order valence-corrected chi connectivity index (χ0v) is 25.3. The lowest BCUT2D eigenvalue weighted by Crippen LogP contribution is -2.44. The van der Waals surface area contributed by atoms with Crippen molar-refractivity contribution < 1.29 is 24.3 Å². The van der Waals surface area contributed by atoms with Crippen molar-refractivity contribution in [3.05, 3.63) is 101 Å². The summed E-state index contributed by atoms with van der Waals surface area (Å²) in [6.07, 6.45) is 5.69. The van der Waals surface area contributed by atoms with Gasteiger partial charge in [0.25, 0.3) is 0 Å². The van der Waals surface area contributed by atoms with Crippen molar-refractivity contribution in [1.29, 1.82) is 0 Å². The summed E-state index contributed by atoms with van der Waals surface area (Å²) in [6.45, 7) is 0.631. The fraction of sp³-hybridized carbons (Fsp3) is 0.219. The number of tetrazole rings is 1. The number of rotatable bonds is 10. The molecule has 0 spiro atoms. The van der Waals surface area contributed by atoms with Crippen LogP contribution in [-0.2, 0) is 20.8 Å². The average Bonchev–Trinajstić information content (AvgIpc) is 3.60. The molecule has 4 amide bonds. The molecular formula is C32H31ClN8O5. The Morgan fingerprint density at radius 1 is 1.00 bits per heavy atom. The fourth-order valence-corrected chi connectivity index (χ4v) is 5.20. The van der Waals surface area contributed by atoms with E-state index in [2.05, 4.69) is 31.5 Å². The summed E-state index contributed by atoms with van der Waals surface area (Å²) < 4.78 is 1.44. The van der Waals surface area contributed by atoms with Gasteiger partial charge in [0.15, 0.2) is 0 Å². The summed E-state index contributed by atoms with van der Waals surface area (Å²) in [7, 11) is 0. The minimum absolute atomic E-state index is 0.151. The lowest BCUT2D eigenvalue weighted by Gasteiger charge is -2.30. The van der Waals surface area contributed by atoms with Gasteiger partial charge in [-0.25, -0.2) is 4.79 Å². The van der Waals surface area contributed by atoms with Crippen LogP contribution in [-0.4, -0.2) is 73.2 Å². The number of benzene rings is 3. The molecule has 1 saturated heterocycles. The first kappa shape index (κ1) is 31.9. The lowest BCUT2D eigenvalue weighted by molar-refractivity contribution is -0.143. The molecule has 0 radical (unpaired) electrons. The number of urea groups is 1. The number of anilines is 2. The van der Waals surface area contributed by atoms with Crippen molar-refractivity contribution in [2.24, 2.45) is 5.92 Å². The Bertz CT molecular complexity index is 1710. The molecule has 13 nitrogen and oxygen atoms in total. The second-order valence-electron chi connectivity index (χ2n) is 10.7. The molecule has 3 aromatic carbocycles. The van der Waals surface area contributed by atoms with Crippen molar-refractivity contribution >= 4 is 52.9 Å². The maximum Gasteiger partial charge on any atom is 0.321 e. The van der Waals surface area contributed by atoms with Crippen LogP contribution < -0.4 is 16.0 Å². The standard InChI is InChI=1S/C32H31ClN8O5/c33-24-9-14-28(41-20-34-38-39-41)22(18-24)8-15-29(42)37-27(17-21-5-2-1-3-6-21)30(43)35-25-10-12-26(13-11-25)36-32(46)40-16-4-7-23(19-40)31(44)45/h1-3,5-6,8-15,18,20,23,27H,4,7,16-17,19H2,(H,35,43)(H,36,46)(H,37,42)(H,44,45)/t23?,27-/m0/s1. The number of amides is 4. The Morgan fingerprint density at radius 3 is 2.43 bits per heavy atom. The number of aliphatic carboxylic acids is 1. The molecule has 1 aromatic heterocycles. The molecule has 46 heavy (non-hydrogen) atoms. The van der Waals surface area contributed by atoms with E-state index < -0.39 is 29.7 Å². The number of carboxylic acid groups (broad SMARTS) is 1. The maximum absolute atomic E-state index is 13.4. The number of carboxylic acids is 1. The van der Waals surface area contributed by atoms with Gasteiger partial charge in [-0.05, 0) is 77.4 Å². The third-order valence-electron chi connectivity index (χ3n) is 7.38. The van der Waals surface area contributed by atoms with Crippen molar-refractivity contribution in [2.75, 3.05) is 23.7 Å². The molecular weight excluding hydrogens is 612 g/mol. The van der Waals surface area contributed by atoms with Crippen LogP contribution in [0.4, 0.5) is 16.2 Å². The summed E-state index contributed by atoms with van der Waals surface area (Å²) in [6, 6.07) is 19.6. The molecule has 2 atom stereocenters. The Kier molecular flexibility index (Phi) is 10.4. The number of carbonyl (C=O) groups is 4. The largest absolute Gasteiger partial charge is 0.481 e. The van der Waals surface area contributed by atoms with Gasteiger partial charge in [-0.1, -0.05) is 41.9 Å². The van der Waals surface area contributed by atoms with E-state index >= 15 is 0 Å². The van der Waals surface area contributed by atoms with Gasteiger partial charge in [-0.15, -0.1) is 5.10 Å². The number of likely N-dealkylation sites (tertiary alicyclic amines) is 1. The van der Waals surface area contributed by atoms with Crippen LogP contribution in [0.3, 0.4) is 0 Å². The SMILES string of the molecule is O=C(C=Cc1cc(Cl)ccc1-n1cnnn1)N[C@@H](Cc1ccccc1)C(=O)Nc1ccc(NC(=O)N2CCCC(C(=O)O)C2)cc1. The predicted molar refractivity (Wildman–Crippen MR) is 171 cm³/mol. The number of hydrogen-bond donors (Lipinski definition) is 4. The molecule has 4 aromatic rings. The molecule has 2 heterocycles. The van der Waals surface area contributed by atoms with E-state index in [0.29, 0.717) is 47.0 Å². The first-order valence-corrected chi connectivity index (χ1v) is 14.9. The molecule has 4 N–H and O–H groups in total. The molecule has 14 heteroatoms. The average molecular weight is 643 g/mol.